The van der Waals surface area contributed by atoms with Crippen LogP contribution >= 0.6 is 0 Å². The minimum absolute atomic E-state index is 0.0219. The molecule has 0 fully saturated rings. The summed E-state index contributed by atoms with van der Waals surface area (Å²) < 4.78 is 0. The predicted molar refractivity (Wildman–Crippen MR) is 110 cm³/mol. The van der Waals surface area contributed by atoms with E-state index in [9.17, 15) is 4.79 Å². The van der Waals surface area contributed by atoms with Gasteiger partial charge < -0.3 is 0 Å². The molecular formula is C26H24O. The fourth-order valence-electron chi connectivity index (χ4n) is 5.21. The molecule has 0 saturated heterocycles. The molecule has 5 rings (SSSR count). The summed E-state index contributed by atoms with van der Waals surface area (Å²) in [5.41, 5.74) is 9.80. The molecule has 0 heterocycles. The third kappa shape index (κ3) is 2.41. The molecule has 27 heavy (non-hydrogen) atoms. The molecule has 0 amide bonds. The van der Waals surface area contributed by atoms with Crippen molar-refractivity contribution in [2.24, 2.45) is 0 Å². The zero-order chi connectivity index (χ0) is 18.6. The minimum atomic E-state index is -0.0219. The van der Waals surface area contributed by atoms with Crippen LogP contribution in [0.3, 0.4) is 0 Å². The molecule has 0 N–H and O–H groups in total. The number of hydrogen-bond acceptors (Lipinski definition) is 1. The van der Waals surface area contributed by atoms with Gasteiger partial charge in [-0.3, -0.25) is 4.79 Å². The van der Waals surface area contributed by atoms with Crippen LogP contribution in [0.15, 0.2) is 60.7 Å². The molecule has 1 unspecified atom stereocenters. The zero-order valence-electron chi connectivity index (χ0n) is 16.0. The van der Waals surface area contributed by atoms with E-state index in [1.165, 1.54) is 27.8 Å². The second-order valence-electron chi connectivity index (χ2n) is 8.33. The van der Waals surface area contributed by atoms with E-state index in [-0.39, 0.29) is 11.2 Å². The van der Waals surface area contributed by atoms with Crippen LogP contribution in [0.25, 0.3) is 11.1 Å². The van der Waals surface area contributed by atoms with E-state index in [1.54, 1.807) is 0 Å². The molecule has 1 atom stereocenters. The highest BCUT2D eigenvalue weighted by Crippen LogP contribution is 2.47. The number of ketones is 1. The lowest BCUT2D eigenvalue weighted by molar-refractivity contribution is 0.0990. The maximum atomic E-state index is 13.1. The summed E-state index contributed by atoms with van der Waals surface area (Å²) in [6, 6.07) is 21.7. The highest BCUT2D eigenvalue weighted by atomic mass is 16.1. The van der Waals surface area contributed by atoms with Crippen molar-refractivity contribution in [1.82, 2.24) is 0 Å². The first kappa shape index (κ1) is 16.5. The molecular weight excluding hydrogens is 328 g/mol. The van der Waals surface area contributed by atoms with Gasteiger partial charge in [0.05, 0.1) is 0 Å². The van der Waals surface area contributed by atoms with Gasteiger partial charge in [0, 0.05) is 17.4 Å². The van der Waals surface area contributed by atoms with Gasteiger partial charge in [-0.15, -0.1) is 0 Å². The number of carbonyl (C=O) groups is 1. The lowest BCUT2D eigenvalue weighted by Gasteiger charge is -2.39. The number of hydrogen-bond donors (Lipinski definition) is 0. The van der Waals surface area contributed by atoms with E-state index in [1.807, 2.05) is 6.07 Å². The quantitative estimate of drug-likeness (QED) is 0.521. The van der Waals surface area contributed by atoms with Crippen molar-refractivity contribution in [3.63, 3.8) is 0 Å². The first-order valence-electron chi connectivity index (χ1n) is 9.93. The van der Waals surface area contributed by atoms with Gasteiger partial charge in [-0.2, -0.15) is 0 Å². The molecule has 1 nitrogen and oxygen atoms in total. The van der Waals surface area contributed by atoms with Gasteiger partial charge in [0.25, 0.3) is 0 Å². The van der Waals surface area contributed by atoms with Crippen LogP contribution in [-0.2, 0) is 18.3 Å². The molecule has 3 aromatic carbocycles. The maximum absolute atomic E-state index is 13.1. The molecule has 0 bridgehead atoms. The first-order valence-corrected chi connectivity index (χ1v) is 9.93. The Bertz CT molecular complexity index is 1080. The van der Waals surface area contributed by atoms with Crippen LogP contribution in [0, 0.1) is 6.92 Å². The standard InChI is InChI=1S/C26H24O/c1-17-7-5-9-19(15-17)26(2)14-6-11-22-23(26)13-12-21-20-10-4-3-8-18(20)16-24(27)25(21)22/h3-5,7-10,12-13,15H,6,11,14,16H2,1-2H3. The van der Waals surface area contributed by atoms with Crippen LogP contribution in [0.5, 0.6) is 0 Å². The summed E-state index contributed by atoms with van der Waals surface area (Å²) in [7, 11) is 0. The van der Waals surface area contributed by atoms with Crippen LogP contribution < -0.4 is 0 Å². The number of carbonyl (C=O) groups excluding carboxylic acids is 1. The van der Waals surface area contributed by atoms with Gasteiger partial charge in [-0.1, -0.05) is 73.2 Å². The summed E-state index contributed by atoms with van der Waals surface area (Å²) in [6.07, 6.45) is 3.80. The monoisotopic (exact) mass is 352 g/mol. The van der Waals surface area contributed by atoms with Crippen molar-refractivity contribution in [1.29, 1.82) is 0 Å². The largest absolute Gasteiger partial charge is 0.294 e. The molecule has 3 aromatic rings. The second-order valence-corrected chi connectivity index (χ2v) is 8.33. The van der Waals surface area contributed by atoms with E-state index in [0.717, 1.165) is 36.0 Å². The van der Waals surface area contributed by atoms with Gasteiger partial charge in [-0.25, -0.2) is 0 Å². The molecule has 2 aliphatic rings. The number of aryl methyl sites for hydroxylation is 1. The van der Waals surface area contributed by atoms with Crippen LogP contribution in [-0.4, -0.2) is 5.78 Å². The Balaban J connectivity index is 1.75. The van der Waals surface area contributed by atoms with E-state index in [4.69, 9.17) is 0 Å². The number of rotatable bonds is 1. The normalized spacial score (nSPS) is 20.6. The number of fused-ring (bicyclic) bond motifs is 5. The van der Waals surface area contributed by atoms with Crippen LogP contribution in [0.4, 0.5) is 0 Å². The molecule has 0 saturated carbocycles. The van der Waals surface area contributed by atoms with Gasteiger partial charge in [0.1, 0.15) is 0 Å². The average Bonchev–Trinajstić information content (AvgIpc) is 2.68. The summed E-state index contributed by atoms with van der Waals surface area (Å²) in [5, 5.41) is 0. The van der Waals surface area contributed by atoms with Crippen molar-refractivity contribution in [2.75, 3.05) is 0 Å². The van der Waals surface area contributed by atoms with Crippen molar-refractivity contribution in [2.45, 2.75) is 44.9 Å². The van der Waals surface area contributed by atoms with E-state index in [0.29, 0.717) is 6.42 Å². The van der Waals surface area contributed by atoms with Gasteiger partial charge in [-0.05, 0) is 59.6 Å². The van der Waals surface area contributed by atoms with Crippen molar-refractivity contribution >= 4 is 5.78 Å². The topological polar surface area (TPSA) is 17.1 Å². The summed E-state index contributed by atoms with van der Waals surface area (Å²) in [6.45, 7) is 4.51. The highest BCUT2D eigenvalue weighted by molar-refractivity contribution is 6.09. The van der Waals surface area contributed by atoms with Crippen molar-refractivity contribution in [3.8, 4) is 11.1 Å². The fraction of sp³-hybridized carbons (Fsp3) is 0.269. The smallest absolute Gasteiger partial charge is 0.168 e. The van der Waals surface area contributed by atoms with E-state index < -0.39 is 0 Å². The van der Waals surface area contributed by atoms with Crippen LogP contribution in [0.1, 0.15) is 57.9 Å². The van der Waals surface area contributed by atoms with E-state index >= 15 is 0 Å². The van der Waals surface area contributed by atoms with Crippen molar-refractivity contribution in [3.05, 3.63) is 94.0 Å². The zero-order valence-corrected chi connectivity index (χ0v) is 16.0. The van der Waals surface area contributed by atoms with Gasteiger partial charge >= 0.3 is 0 Å². The third-order valence-electron chi connectivity index (χ3n) is 6.60. The summed E-state index contributed by atoms with van der Waals surface area (Å²) >= 11 is 0. The fourth-order valence-corrected chi connectivity index (χ4v) is 5.21. The third-order valence-corrected chi connectivity index (χ3v) is 6.60. The molecule has 0 radical (unpaired) electrons. The Kier molecular flexibility index (Phi) is 3.62. The summed E-state index contributed by atoms with van der Waals surface area (Å²) in [4.78, 5) is 13.1. The summed E-state index contributed by atoms with van der Waals surface area (Å²) in [5.74, 6) is 0.286. The number of Topliss-reactive ketones (excluding diaryl/α,β-unsaturated/α-hetero) is 1. The highest BCUT2D eigenvalue weighted by Gasteiger charge is 2.37. The molecule has 2 aliphatic carbocycles. The Labute approximate surface area is 161 Å². The Morgan fingerprint density at radius 3 is 2.63 bits per heavy atom. The van der Waals surface area contributed by atoms with Gasteiger partial charge in [0.2, 0.25) is 0 Å². The lowest BCUT2D eigenvalue weighted by Crippen LogP contribution is -2.31. The molecule has 0 aliphatic heterocycles. The van der Waals surface area contributed by atoms with E-state index in [2.05, 4.69) is 68.4 Å². The lowest BCUT2D eigenvalue weighted by atomic mass is 9.65. The second kappa shape index (κ2) is 5.92. The Morgan fingerprint density at radius 2 is 1.78 bits per heavy atom. The average molecular weight is 352 g/mol. The number of benzene rings is 3. The molecule has 1 heteroatoms. The van der Waals surface area contributed by atoms with Gasteiger partial charge in [0.15, 0.2) is 5.78 Å². The molecule has 134 valence electrons. The molecule has 0 aromatic heterocycles. The minimum Gasteiger partial charge on any atom is -0.294 e. The Hall–Kier alpha value is -2.67. The maximum Gasteiger partial charge on any atom is 0.168 e. The SMILES string of the molecule is Cc1cccc(C2(C)CCCc3c2ccc2c3C(=O)Cc3ccccc3-2)c1. The van der Waals surface area contributed by atoms with Crippen molar-refractivity contribution < 1.29 is 4.79 Å². The predicted octanol–water partition coefficient (Wildman–Crippen LogP) is 6.04. The Morgan fingerprint density at radius 1 is 0.926 bits per heavy atom. The van der Waals surface area contributed by atoms with Crippen LogP contribution in [0.2, 0.25) is 0 Å². The molecule has 0 spiro atoms. The first-order chi connectivity index (χ1) is 13.1.